The molecule has 0 amide bonds. The van der Waals surface area contributed by atoms with Gasteiger partial charge in [0.15, 0.2) is 0 Å². The van der Waals surface area contributed by atoms with Crippen molar-refractivity contribution in [3.8, 4) is 11.1 Å². The van der Waals surface area contributed by atoms with E-state index in [2.05, 4.69) is 87.3 Å². The number of hydrogen-bond donors (Lipinski definition) is 2. The van der Waals surface area contributed by atoms with Crippen LogP contribution in [0.5, 0.6) is 0 Å². The lowest BCUT2D eigenvalue weighted by Crippen LogP contribution is -2.49. The fourth-order valence-electron chi connectivity index (χ4n) is 6.81. The molecule has 0 radical (unpaired) electrons. The van der Waals surface area contributed by atoms with Crippen molar-refractivity contribution in [2.45, 2.75) is 51.6 Å². The predicted molar refractivity (Wildman–Crippen MR) is 170 cm³/mol. The van der Waals surface area contributed by atoms with Crippen molar-refractivity contribution in [3.05, 3.63) is 66.2 Å². The predicted octanol–water partition coefficient (Wildman–Crippen LogP) is 5.72. The third-order valence-corrected chi connectivity index (χ3v) is 9.25. The molecule has 1 aliphatic heterocycles. The summed E-state index contributed by atoms with van der Waals surface area (Å²) in [6.45, 7) is 8.82. The first kappa shape index (κ1) is 26.8. The summed E-state index contributed by atoms with van der Waals surface area (Å²) in [4.78, 5) is 23.6. The number of rotatable bonds is 5. The molecular formula is C33H39N9. The number of aryl methyl sites for hydroxylation is 2. The summed E-state index contributed by atoms with van der Waals surface area (Å²) in [5.74, 6) is 1.12. The van der Waals surface area contributed by atoms with Crippen molar-refractivity contribution in [1.82, 2.24) is 34.3 Å². The van der Waals surface area contributed by atoms with E-state index in [1.54, 1.807) is 6.33 Å². The maximum atomic E-state index is 6.47. The second-order valence-electron chi connectivity index (χ2n) is 12.1. The molecule has 3 aromatic heterocycles. The van der Waals surface area contributed by atoms with Crippen molar-refractivity contribution >= 4 is 39.4 Å². The normalized spacial score (nSPS) is 20.4. The van der Waals surface area contributed by atoms with Gasteiger partial charge in [0.05, 0.1) is 16.6 Å². The zero-order valence-corrected chi connectivity index (χ0v) is 24.7. The van der Waals surface area contributed by atoms with Crippen molar-refractivity contribution in [3.63, 3.8) is 0 Å². The lowest BCUT2D eigenvalue weighted by molar-refractivity contribution is 0.0828. The summed E-state index contributed by atoms with van der Waals surface area (Å²) < 4.78 is 2.36. The summed E-state index contributed by atoms with van der Waals surface area (Å²) in [5, 5.41) is 5.40. The molecule has 7 rings (SSSR count). The van der Waals surface area contributed by atoms with E-state index in [0.29, 0.717) is 23.8 Å². The zero-order valence-electron chi connectivity index (χ0n) is 24.7. The van der Waals surface area contributed by atoms with Gasteiger partial charge >= 0.3 is 0 Å². The Morgan fingerprint density at radius 3 is 2.36 bits per heavy atom. The molecule has 0 unspecified atom stereocenters. The van der Waals surface area contributed by atoms with Gasteiger partial charge in [-0.1, -0.05) is 23.8 Å². The van der Waals surface area contributed by atoms with Gasteiger partial charge in [-0.05, 0) is 76.4 Å². The average Bonchev–Trinajstić information content (AvgIpc) is 3.40. The van der Waals surface area contributed by atoms with Gasteiger partial charge in [0.2, 0.25) is 5.95 Å². The fraction of sp³-hybridized carbons (Fsp3) is 0.394. The molecule has 4 heterocycles. The smallest absolute Gasteiger partial charge is 0.228 e. The highest BCUT2D eigenvalue weighted by Crippen LogP contribution is 2.39. The molecule has 1 aliphatic carbocycles. The Hall–Kier alpha value is -4.08. The number of nitrogens with zero attached hydrogens (tertiary/aromatic N) is 7. The number of fused-ring (bicyclic) bond motifs is 2. The topological polar surface area (TPSA) is 101 Å². The van der Waals surface area contributed by atoms with Crippen LogP contribution >= 0.6 is 0 Å². The zero-order chi connectivity index (χ0) is 28.8. The minimum absolute atomic E-state index is 0.414. The van der Waals surface area contributed by atoms with Gasteiger partial charge in [0.1, 0.15) is 17.8 Å². The molecular weight excluding hydrogens is 522 g/mol. The number of likely N-dealkylation sites (N-methyl/N-ethyl adjacent to an activating group) is 1. The first-order valence-corrected chi connectivity index (χ1v) is 15.1. The second-order valence-corrected chi connectivity index (χ2v) is 12.1. The van der Waals surface area contributed by atoms with Crippen LogP contribution in [-0.2, 0) is 0 Å². The molecule has 0 atom stereocenters. The standard InChI is InChI=1S/C33H39N9/c1-21-4-13-29-27(18-21)22(2)37-33(39-29)38-24-7-5-23(6-8-24)28-19-42(32-30(28)31(34)35-20-36-32)26-11-9-25(10-12-26)41-16-14-40(3)15-17-41/h4-8,13,18-20,25-26H,9-12,14-17H2,1-3H3,(H2,34,35,36)(H,37,38,39)/t25-,26-. The molecule has 3 N–H and O–H groups in total. The molecule has 2 fully saturated rings. The molecule has 0 spiro atoms. The number of nitrogens with one attached hydrogen (secondary N) is 1. The number of anilines is 3. The Kier molecular flexibility index (Phi) is 6.99. The van der Waals surface area contributed by atoms with Crippen LogP contribution in [0, 0.1) is 13.8 Å². The average molecular weight is 562 g/mol. The highest BCUT2D eigenvalue weighted by molar-refractivity contribution is 6.00. The minimum Gasteiger partial charge on any atom is -0.383 e. The van der Waals surface area contributed by atoms with Crippen LogP contribution in [0.4, 0.5) is 17.5 Å². The van der Waals surface area contributed by atoms with Gasteiger partial charge in [-0.3, -0.25) is 4.90 Å². The molecule has 42 heavy (non-hydrogen) atoms. The Labute approximate surface area is 246 Å². The number of nitrogen functional groups attached to an aromatic ring is 1. The van der Waals surface area contributed by atoms with Crippen LogP contribution in [-0.4, -0.2) is 73.6 Å². The summed E-state index contributed by atoms with van der Waals surface area (Å²) >= 11 is 0. The van der Waals surface area contributed by atoms with Crippen molar-refractivity contribution in [1.29, 1.82) is 0 Å². The quantitative estimate of drug-likeness (QED) is 0.281. The fourth-order valence-corrected chi connectivity index (χ4v) is 6.81. The monoisotopic (exact) mass is 561 g/mol. The van der Waals surface area contributed by atoms with E-state index in [0.717, 1.165) is 57.3 Å². The first-order valence-electron chi connectivity index (χ1n) is 15.1. The molecule has 1 saturated carbocycles. The van der Waals surface area contributed by atoms with E-state index in [1.165, 1.54) is 44.6 Å². The molecule has 2 aliphatic rings. The van der Waals surface area contributed by atoms with Crippen molar-refractivity contribution < 1.29 is 0 Å². The van der Waals surface area contributed by atoms with E-state index >= 15 is 0 Å². The second kappa shape index (κ2) is 11.0. The first-order chi connectivity index (χ1) is 20.4. The summed E-state index contributed by atoms with van der Waals surface area (Å²) in [7, 11) is 2.22. The Bertz CT molecular complexity index is 1730. The molecule has 216 valence electrons. The third-order valence-electron chi connectivity index (χ3n) is 9.25. The van der Waals surface area contributed by atoms with E-state index < -0.39 is 0 Å². The number of piperazine rings is 1. The maximum absolute atomic E-state index is 6.47. The van der Waals surface area contributed by atoms with Crippen molar-refractivity contribution in [2.75, 3.05) is 44.3 Å². The van der Waals surface area contributed by atoms with Crippen LogP contribution in [0.2, 0.25) is 0 Å². The highest BCUT2D eigenvalue weighted by atomic mass is 15.3. The van der Waals surface area contributed by atoms with E-state index in [-0.39, 0.29) is 0 Å². The van der Waals surface area contributed by atoms with Crippen molar-refractivity contribution in [2.24, 2.45) is 0 Å². The van der Waals surface area contributed by atoms with Crippen LogP contribution in [0.3, 0.4) is 0 Å². The summed E-state index contributed by atoms with van der Waals surface area (Å²) in [6, 6.07) is 15.7. The van der Waals surface area contributed by atoms with Gasteiger partial charge in [-0.2, -0.15) is 0 Å². The summed E-state index contributed by atoms with van der Waals surface area (Å²) in [5.41, 5.74) is 13.6. The Morgan fingerprint density at radius 1 is 0.857 bits per heavy atom. The Morgan fingerprint density at radius 2 is 1.60 bits per heavy atom. The molecule has 9 nitrogen and oxygen atoms in total. The van der Waals surface area contributed by atoms with Crippen LogP contribution in [0.1, 0.15) is 43.0 Å². The molecule has 9 heteroatoms. The Balaban J connectivity index is 1.12. The van der Waals surface area contributed by atoms with Gasteiger partial charge < -0.3 is 20.5 Å². The van der Waals surface area contributed by atoms with E-state index in [4.69, 9.17) is 20.7 Å². The van der Waals surface area contributed by atoms with E-state index in [9.17, 15) is 0 Å². The summed E-state index contributed by atoms with van der Waals surface area (Å²) in [6.07, 6.45) is 8.58. The number of aromatic nitrogens is 5. The minimum atomic E-state index is 0.414. The van der Waals surface area contributed by atoms with E-state index in [1.807, 2.05) is 6.92 Å². The largest absolute Gasteiger partial charge is 0.383 e. The SMILES string of the molecule is Cc1ccc2nc(Nc3ccc(-c4cn([C@H]5CC[C@H](N6CCN(C)CC6)CC5)c5ncnc(N)c45)cc3)nc(C)c2c1. The maximum Gasteiger partial charge on any atom is 0.228 e. The molecule has 1 saturated heterocycles. The van der Waals surface area contributed by atoms with Gasteiger partial charge in [0, 0.05) is 61.1 Å². The van der Waals surface area contributed by atoms with Gasteiger partial charge in [-0.15, -0.1) is 0 Å². The van der Waals surface area contributed by atoms with Gasteiger partial charge in [-0.25, -0.2) is 19.9 Å². The third kappa shape index (κ3) is 5.07. The number of hydrogen-bond acceptors (Lipinski definition) is 8. The van der Waals surface area contributed by atoms with Crippen LogP contribution in [0.15, 0.2) is 55.0 Å². The number of nitrogens with two attached hydrogens (primary N) is 1. The van der Waals surface area contributed by atoms with Crippen LogP contribution < -0.4 is 11.1 Å². The molecule has 0 bridgehead atoms. The lowest BCUT2D eigenvalue weighted by Gasteiger charge is -2.41. The lowest BCUT2D eigenvalue weighted by atomic mass is 9.89. The molecule has 2 aromatic carbocycles. The number of benzene rings is 2. The van der Waals surface area contributed by atoms with Crippen LogP contribution in [0.25, 0.3) is 33.1 Å². The highest BCUT2D eigenvalue weighted by Gasteiger charge is 2.30. The molecule has 5 aromatic rings. The van der Waals surface area contributed by atoms with Gasteiger partial charge in [0.25, 0.3) is 0 Å².